The third-order valence-corrected chi connectivity index (χ3v) is 3.21. The number of benzene rings is 1. The molecule has 1 atom stereocenters. The van der Waals surface area contributed by atoms with Crippen LogP contribution in [0.15, 0.2) is 36.7 Å². The number of hydrogen-bond acceptors (Lipinski definition) is 4. The zero-order valence-corrected chi connectivity index (χ0v) is 14.7. The van der Waals surface area contributed by atoms with E-state index in [0.717, 1.165) is 17.3 Å². The molecular formula is C15H22Cl2N4O2. The van der Waals surface area contributed by atoms with Crippen LogP contribution in [0, 0.1) is 5.92 Å². The van der Waals surface area contributed by atoms with E-state index >= 15 is 0 Å². The third kappa shape index (κ3) is 6.09. The first-order valence-electron chi connectivity index (χ1n) is 6.80. The Morgan fingerprint density at radius 2 is 2.00 bits per heavy atom. The molecule has 0 saturated heterocycles. The summed E-state index contributed by atoms with van der Waals surface area (Å²) in [4.78, 5) is 15.9. The van der Waals surface area contributed by atoms with Crippen molar-refractivity contribution < 1.29 is 9.53 Å². The van der Waals surface area contributed by atoms with Gasteiger partial charge in [-0.2, -0.15) is 0 Å². The van der Waals surface area contributed by atoms with Crippen LogP contribution in [0.1, 0.15) is 12.7 Å². The Morgan fingerprint density at radius 1 is 1.35 bits per heavy atom. The summed E-state index contributed by atoms with van der Waals surface area (Å²) in [5, 5.41) is 2.81. The lowest BCUT2D eigenvalue weighted by Crippen LogP contribution is -2.26. The van der Waals surface area contributed by atoms with Crippen molar-refractivity contribution in [2.24, 2.45) is 18.7 Å². The van der Waals surface area contributed by atoms with Gasteiger partial charge in [0.2, 0.25) is 5.91 Å². The van der Waals surface area contributed by atoms with E-state index in [1.807, 2.05) is 29.9 Å². The Hall–Kier alpha value is -1.76. The van der Waals surface area contributed by atoms with Gasteiger partial charge in [0.1, 0.15) is 18.2 Å². The van der Waals surface area contributed by atoms with Crippen molar-refractivity contribution in [3.05, 3.63) is 42.5 Å². The van der Waals surface area contributed by atoms with Crippen LogP contribution in [0.25, 0.3) is 0 Å². The van der Waals surface area contributed by atoms with Gasteiger partial charge < -0.3 is 20.4 Å². The average Bonchev–Trinajstić information content (AvgIpc) is 2.91. The number of carbonyl (C=O) groups is 1. The lowest BCUT2D eigenvalue weighted by Gasteiger charge is -2.11. The minimum Gasteiger partial charge on any atom is -0.486 e. The maximum absolute atomic E-state index is 11.7. The molecule has 0 aliphatic heterocycles. The summed E-state index contributed by atoms with van der Waals surface area (Å²) >= 11 is 0. The number of carbonyl (C=O) groups excluding carboxylic acids is 1. The van der Waals surface area contributed by atoms with Gasteiger partial charge in [-0.15, -0.1) is 24.8 Å². The Labute approximate surface area is 148 Å². The highest BCUT2D eigenvalue weighted by Crippen LogP contribution is 2.17. The molecule has 0 fully saturated rings. The number of rotatable bonds is 6. The van der Waals surface area contributed by atoms with Gasteiger partial charge >= 0.3 is 0 Å². The van der Waals surface area contributed by atoms with Crippen LogP contribution in [0.4, 0.5) is 5.69 Å². The number of nitrogens with zero attached hydrogens (tertiary/aromatic N) is 2. The molecule has 1 amide bonds. The predicted octanol–water partition coefficient (Wildman–Crippen LogP) is 2.38. The van der Waals surface area contributed by atoms with Crippen molar-refractivity contribution in [3.63, 3.8) is 0 Å². The molecular weight excluding hydrogens is 339 g/mol. The van der Waals surface area contributed by atoms with E-state index in [-0.39, 0.29) is 36.6 Å². The number of anilines is 1. The van der Waals surface area contributed by atoms with Gasteiger partial charge in [-0.3, -0.25) is 4.79 Å². The molecule has 0 bridgehead atoms. The first kappa shape index (κ1) is 21.2. The summed E-state index contributed by atoms with van der Waals surface area (Å²) in [5.41, 5.74) is 6.19. The van der Waals surface area contributed by atoms with Gasteiger partial charge in [0.05, 0.1) is 0 Å². The second-order valence-electron chi connectivity index (χ2n) is 4.89. The van der Waals surface area contributed by atoms with Crippen molar-refractivity contribution in [1.29, 1.82) is 0 Å². The lowest BCUT2D eigenvalue weighted by molar-refractivity contribution is -0.119. The fourth-order valence-electron chi connectivity index (χ4n) is 1.69. The highest BCUT2D eigenvalue weighted by atomic mass is 35.5. The number of halogens is 2. The molecule has 8 heteroatoms. The SMILES string of the molecule is CC(CN)C(=O)Nc1ccc(OCc2nccn2C)cc1.Cl.Cl. The maximum Gasteiger partial charge on any atom is 0.228 e. The molecule has 1 unspecified atom stereocenters. The monoisotopic (exact) mass is 360 g/mol. The summed E-state index contributed by atoms with van der Waals surface area (Å²) in [6.45, 7) is 2.52. The Morgan fingerprint density at radius 3 is 2.52 bits per heavy atom. The molecule has 0 aliphatic rings. The van der Waals surface area contributed by atoms with Crippen LogP contribution >= 0.6 is 24.8 Å². The summed E-state index contributed by atoms with van der Waals surface area (Å²) in [6.07, 6.45) is 3.60. The molecule has 2 rings (SSSR count). The highest BCUT2D eigenvalue weighted by Gasteiger charge is 2.10. The standard InChI is InChI=1S/C15H20N4O2.2ClH/c1-11(9-16)15(20)18-12-3-5-13(6-4-12)21-10-14-17-7-8-19(14)2;;/h3-8,11H,9-10,16H2,1-2H3,(H,18,20);2*1H. The second kappa shape index (κ2) is 10.1. The van der Waals surface area contributed by atoms with E-state index in [4.69, 9.17) is 10.5 Å². The smallest absolute Gasteiger partial charge is 0.228 e. The quantitative estimate of drug-likeness (QED) is 0.828. The summed E-state index contributed by atoms with van der Waals surface area (Å²) in [5.74, 6) is 1.29. The number of nitrogens with two attached hydrogens (primary N) is 1. The molecule has 1 aromatic carbocycles. The topological polar surface area (TPSA) is 82.2 Å². The van der Waals surface area contributed by atoms with Crippen molar-refractivity contribution in [2.75, 3.05) is 11.9 Å². The van der Waals surface area contributed by atoms with Crippen LogP contribution < -0.4 is 15.8 Å². The molecule has 0 radical (unpaired) electrons. The molecule has 6 nitrogen and oxygen atoms in total. The maximum atomic E-state index is 11.7. The van der Waals surface area contributed by atoms with Gasteiger partial charge in [-0.25, -0.2) is 4.98 Å². The lowest BCUT2D eigenvalue weighted by atomic mass is 10.1. The fourth-order valence-corrected chi connectivity index (χ4v) is 1.69. The van der Waals surface area contributed by atoms with Crippen molar-refractivity contribution in [1.82, 2.24) is 9.55 Å². The number of imidazole rings is 1. The zero-order valence-electron chi connectivity index (χ0n) is 13.1. The van der Waals surface area contributed by atoms with Crippen LogP contribution in [0.3, 0.4) is 0 Å². The van der Waals surface area contributed by atoms with Crippen LogP contribution in [-0.4, -0.2) is 22.0 Å². The Bertz CT molecular complexity index is 602. The van der Waals surface area contributed by atoms with E-state index in [2.05, 4.69) is 10.3 Å². The highest BCUT2D eigenvalue weighted by molar-refractivity contribution is 5.92. The van der Waals surface area contributed by atoms with Crippen molar-refractivity contribution in [3.8, 4) is 5.75 Å². The number of hydrogen-bond donors (Lipinski definition) is 2. The second-order valence-corrected chi connectivity index (χ2v) is 4.89. The fraction of sp³-hybridized carbons (Fsp3) is 0.333. The zero-order chi connectivity index (χ0) is 15.2. The normalized spacial score (nSPS) is 10.9. The Kier molecular flexibility index (Phi) is 9.32. The van der Waals surface area contributed by atoms with Crippen molar-refractivity contribution in [2.45, 2.75) is 13.5 Å². The van der Waals surface area contributed by atoms with E-state index in [9.17, 15) is 4.79 Å². The van der Waals surface area contributed by atoms with Crippen molar-refractivity contribution >= 4 is 36.4 Å². The molecule has 23 heavy (non-hydrogen) atoms. The first-order chi connectivity index (χ1) is 10.1. The number of nitrogens with one attached hydrogen (secondary N) is 1. The molecule has 0 aliphatic carbocycles. The summed E-state index contributed by atoms with van der Waals surface area (Å²) in [6, 6.07) is 7.22. The van der Waals surface area contributed by atoms with Gasteiger partial charge in [-0.05, 0) is 24.3 Å². The van der Waals surface area contributed by atoms with E-state index in [0.29, 0.717) is 13.2 Å². The minimum absolute atomic E-state index is 0. The summed E-state index contributed by atoms with van der Waals surface area (Å²) in [7, 11) is 1.92. The predicted molar refractivity (Wildman–Crippen MR) is 95.3 cm³/mol. The molecule has 0 saturated carbocycles. The van der Waals surface area contributed by atoms with Crippen LogP contribution in [0.2, 0.25) is 0 Å². The Balaban J connectivity index is 0.00000242. The molecule has 1 heterocycles. The molecule has 128 valence electrons. The number of aryl methyl sites for hydroxylation is 1. The molecule has 0 spiro atoms. The summed E-state index contributed by atoms with van der Waals surface area (Å²) < 4.78 is 7.55. The average molecular weight is 361 g/mol. The van der Waals surface area contributed by atoms with Gasteiger partial charge in [0, 0.05) is 37.6 Å². The first-order valence-corrected chi connectivity index (χ1v) is 6.80. The number of ether oxygens (including phenoxy) is 1. The van der Waals surface area contributed by atoms with E-state index < -0.39 is 0 Å². The van der Waals surface area contributed by atoms with Crippen LogP contribution in [-0.2, 0) is 18.4 Å². The largest absolute Gasteiger partial charge is 0.486 e. The minimum atomic E-state index is -0.204. The van der Waals surface area contributed by atoms with Gasteiger partial charge in [0.25, 0.3) is 0 Å². The third-order valence-electron chi connectivity index (χ3n) is 3.21. The molecule has 3 N–H and O–H groups in total. The van der Waals surface area contributed by atoms with E-state index in [1.54, 1.807) is 25.3 Å². The number of amides is 1. The van der Waals surface area contributed by atoms with Gasteiger partial charge in [-0.1, -0.05) is 6.92 Å². The van der Waals surface area contributed by atoms with Gasteiger partial charge in [0.15, 0.2) is 0 Å². The van der Waals surface area contributed by atoms with E-state index in [1.165, 1.54) is 0 Å². The molecule has 2 aromatic rings. The van der Waals surface area contributed by atoms with Crippen LogP contribution in [0.5, 0.6) is 5.75 Å². The number of aromatic nitrogens is 2. The molecule has 1 aromatic heterocycles.